The van der Waals surface area contributed by atoms with E-state index in [9.17, 15) is 9.59 Å². The quantitative estimate of drug-likeness (QED) is 0.848. The molecule has 0 aromatic heterocycles. The van der Waals surface area contributed by atoms with E-state index in [-0.39, 0.29) is 26.9 Å². The summed E-state index contributed by atoms with van der Waals surface area (Å²) in [5.74, 6) is -1.43. The van der Waals surface area contributed by atoms with Gasteiger partial charge in [0.05, 0.1) is 34.9 Å². The lowest BCUT2D eigenvalue weighted by atomic mass is 10.1. The van der Waals surface area contributed by atoms with E-state index in [1.807, 2.05) is 6.92 Å². The maximum absolute atomic E-state index is 11.6. The minimum absolute atomic E-state index is 0.00435. The molecule has 0 spiro atoms. The van der Waals surface area contributed by atoms with Crippen LogP contribution in [0.3, 0.4) is 0 Å². The number of hydrogen-bond donors (Lipinski definition) is 1. The first-order valence-corrected chi connectivity index (χ1v) is 6.22. The van der Waals surface area contributed by atoms with Crippen molar-refractivity contribution in [1.29, 1.82) is 0 Å². The van der Waals surface area contributed by atoms with Gasteiger partial charge in [-0.1, -0.05) is 30.1 Å². The van der Waals surface area contributed by atoms with Crippen LogP contribution in [-0.2, 0) is 4.74 Å². The molecule has 0 fully saturated rings. The minimum Gasteiger partial charge on any atom is -0.490 e. The molecule has 0 aliphatic heterocycles. The van der Waals surface area contributed by atoms with E-state index in [0.717, 1.165) is 0 Å². The van der Waals surface area contributed by atoms with Crippen LogP contribution in [0, 0.1) is 0 Å². The highest BCUT2D eigenvalue weighted by molar-refractivity contribution is 6.40. The van der Waals surface area contributed by atoms with Crippen molar-refractivity contribution in [2.24, 2.45) is 5.73 Å². The Labute approximate surface area is 120 Å². The Hall–Kier alpha value is -1.46. The van der Waals surface area contributed by atoms with Crippen LogP contribution in [0.4, 0.5) is 0 Å². The van der Waals surface area contributed by atoms with Crippen LogP contribution in [-0.4, -0.2) is 25.6 Å². The molecule has 1 aromatic carbocycles. The van der Waals surface area contributed by atoms with Crippen LogP contribution >= 0.6 is 23.2 Å². The predicted molar refractivity (Wildman–Crippen MR) is 72.1 cm³/mol. The van der Waals surface area contributed by atoms with Gasteiger partial charge in [-0.15, -0.1) is 0 Å². The van der Waals surface area contributed by atoms with Crippen molar-refractivity contribution in [2.45, 2.75) is 13.3 Å². The Morgan fingerprint density at radius 2 is 1.84 bits per heavy atom. The SMILES string of the molecule is CCCOc1c(Cl)c(C(N)=O)cc(C(=O)OC)c1Cl. The number of hydrogen-bond acceptors (Lipinski definition) is 4. The Balaban J connectivity index is 3.46. The summed E-state index contributed by atoms with van der Waals surface area (Å²) >= 11 is 12.0. The summed E-state index contributed by atoms with van der Waals surface area (Å²) in [6, 6.07) is 1.19. The van der Waals surface area contributed by atoms with Gasteiger partial charge in [0, 0.05) is 0 Å². The van der Waals surface area contributed by atoms with Crippen molar-refractivity contribution in [3.8, 4) is 5.75 Å². The molecule has 0 radical (unpaired) electrons. The average molecular weight is 306 g/mol. The van der Waals surface area contributed by atoms with Crippen molar-refractivity contribution in [3.05, 3.63) is 27.2 Å². The fraction of sp³-hybridized carbons (Fsp3) is 0.333. The summed E-state index contributed by atoms with van der Waals surface area (Å²) in [4.78, 5) is 22.9. The maximum Gasteiger partial charge on any atom is 0.339 e. The number of methoxy groups -OCH3 is 1. The normalized spacial score (nSPS) is 10.1. The highest BCUT2D eigenvalue weighted by Gasteiger charge is 2.23. The number of esters is 1. The molecular weight excluding hydrogens is 293 g/mol. The van der Waals surface area contributed by atoms with Crippen molar-refractivity contribution in [2.75, 3.05) is 13.7 Å². The van der Waals surface area contributed by atoms with E-state index in [0.29, 0.717) is 13.0 Å². The fourth-order valence-corrected chi connectivity index (χ4v) is 2.01. The Bertz CT molecular complexity index is 517. The fourth-order valence-electron chi connectivity index (χ4n) is 1.38. The largest absolute Gasteiger partial charge is 0.490 e. The molecule has 7 heteroatoms. The number of halogens is 2. The monoisotopic (exact) mass is 305 g/mol. The zero-order valence-electron chi connectivity index (χ0n) is 10.5. The molecule has 2 N–H and O–H groups in total. The molecule has 0 atom stereocenters. The summed E-state index contributed by atoms with van der Waals surface area (Å²) in [5, 5.41) is -0.0195. The zero-order chi connectivity index (χ0) is 14.6. The first-order chi connectivity index (χ1) is 8.93. The number of benzene rings is 1. The summed E-state index contributed by atoms with van der Waals surface area (Å²) in [6.45, 7) is 2.23. The summed E-state index contributed by atoms with van der Waals surface area (Å²) in [6.07, 6.45) is 0.709. The van der Waals surface area contributed by atoms with Crippen molar-refractivity contribution < 1.29 is 19.1 Å². The predicted octanol–water partition coefficient (Wildman–Crippen LogP) is 2.67. The molecule has 5 nitrogen and oxygen atoms in total. The third-order valence-corrected chi connectivity index (χ3v) is 3.03. The number of amides is 1. The standard InChI is InChI=1S/C12H13Cl2NO4/c1-3-4-19-10-8(13)6(11(15)16)5-7(9(10)14)12(17)18-2/h5H,3-4H2,1-2H3,(H2,15,16). The van der Waals surface area contributed by atoms with Crippen molar-refractivity contribution in [1.82, 2.24) is 0 Å². The molecule has 1 rings (SSSR count). The van der Waals surface area contributed by atoms with Crippen LogP contribution in [0.15, 0.2) is 6.07 Å². The number of carbonyl (C=O) groups excluding carboxylic acids is 2. The van der Waals surface area contributed by atoms with Crippen LogP contribution in [0.1, 0.15) is 34.1 Å². The van der Waals surface area contributed by atoms with E-state index < -0.39 is 11.9 Å². The van der Waals surface area contributed by atoms with E-state index in [1.165, 1.54) is 13.2 Å². The lowest BCUT2D eigenvalue weighted by Gasteiger charge is -2.14. The third-order valence-electron chi connectivity index (χ3n) is 2.28. The maximum atomic E-state index is 11.6. The first kappa shape index (κ1) is 15.6. The number of primary amides is 1. The van der Waals surface area contributed by atoms with Gasteiger partial charge in [0.25, 0.3) is 0 Å². The molecular formula is C12H13Cl2NO4. The lowest BCUT2D eigenvalue weighted by Crippen LogP contribution is -2.15. The molecule has 0 heterocycles. The summed E-state index contributed by atoms with van der Waals surface area (Å²) in [5.41, 5.74) is 5.13. The summed E-state index contributed by atoms with van der Waals surface area (Å²) < 4.78 is 9.94. The Morgan fingerprint density at radius 3 is 2.32 bits per heavy atom. The summed E-state index contributed by atoms with van der Waals surface area (Å²) in [7, 11) is 1.20. The van der Waals surface area contributed by atoms with E-state index in [1.54, 1.807) is 0 Å². The van der Waals surface area contributed by atoms with Gasteiger partial charge in [0.1, 0.15) is 0 Å². The Morgan fingerprint density at radius 1 is 1.26 bits per heavy atom. The molecule has 0 aliphatic rings. The molecule has 0 aliphatic carbocycles. The molecule has 0 saturated heterocycles. The molecule has 1 amide bonds. The van der Waals surface area contributed by atoms with Crippen LogP contribution in [0.5, 0.6) is 5.75 Å². The van der Waals surface area contributed by atoms with Crippen LogP contribution in [0.25, 0.3) is 0 Å². The second-order valence-electron chi connectivity index (χ2n) is 3.63. The van der Waals surface area contributed by atoms with Gasteiger partial charge in [-0.05, 0) is 12.5 Å². The van der Waals surface area contributed by atoms with Gasteiger partial charge in [-0.3, -0.25) is 4.79 Å². The number of carbonyl (C=O) groups is 2. The van der Waals surface area contributed by atoms with Gasteiger partial charge in [-0.25, -0.2) is 4.79 Å². The highest BCUT2D eigenvalue weighted by Crippen LogP contribution is 2.38. The molecule has 104 valence electrons. The zero-order valence-corrected chi connectivity index (χ0v) is 12.0. The molecule has 0 unspecified atom stereocenters. The van der Waals surface area contributed by atoms with Crippen molar-refractivity contribution >= 4 is 35.1 Å². The van der Waals surface area contributed by atoms with Crippen molar-refractivity contribution in [3.63, 3.8) is 0 Å². The number of rotatable bonds is 5. The van der Waals surface area contributed by atoms with Gasteiger partial charge in [-0.2, -0.15) is 0 Å². The minimum atomic E-state index is -0.784. The second kappa shape index (κ2) is 6.63. The van der Waals surface area contributed by atoms with Gasteiger partial charge in [0.2, 0.25) is 5.91 Å². The van der Waals surface area contributed by atoms with Crippen LogP contribution in [0.2, 0.25) is 10.0 Å². The molecule has 0 saturated carbocycles. The van der Waals surface area contributed by atoms with Crippen LogP contribution < -0.4 is 10.5 Å². The molecule has 19 heavy (non-hydrogen) atoms. The molecule has 1 aromatic rings. The highest BCUT2D eigenvalue weighted by atomic mass is 35.5. The Kier molecular flexibility index (Phi) is 5.44. The van der Waals surface area contributed by atoms with Gasteiger partial charge < -0.3 is 15.2 Å². The van der Waals surface area contributed by atoms with Gasteiger partial charge >= 0.3 is 5.97 Å². The number of nitrogens with two attached hydrogens (primary N) is 1. The second-order valence-corrected chi connectivity index (χ2v) is 4.39. The van der Waals surface area contributed by atoms with E-state index in [2.05, 4.69) is 4.74 Å². The molecule has 0 bridgehead atoms. The van der Waals surface area contributed by atoms with E-state index >= 15 is 0 Å². The topological polar surface area (TPSA) is 78.6 Å². The third kappa shape index (κ3) is 3.30. The lowest BCUT2D eigenvalue weighted by molar-refractivity contribution is 0.0600. The number of ether oxygens (including phenoxy) is 2. The van der Waals surface area contributed by atoms with E-state index in [4.69, 9.17) is 33.7 Å². The first-order valence-electron chi connectivity index (χ1n) is 5.46. The average Bonchev–Trinajstić information content (AvgIpc) is 2.37. The smallest absolute Gasteiger partial charge is 0.339 e. The van der Waals surface area contributed by atoms with Gasteiger partial charge in [0.15, 0.2) is 5.75 Å².